The van der Waals surface area contributed by atoms with Gasteiger partial charge in [0.25, 0.3) is 5.91 Å². The Labute approximate surface area is 171 Å². The van der Waals surface area contributed by atoms with Crippen LogP contribution in [0, 0.1) is 10.1 Å². The van der Waals surface area contributed by atoms with Crippen molar-refractivity contribution in [1.82, 2.24) is 15.8 Å². The van der Waals surface area contributed by atoms with Crippen LogP contribution < -0.4 is 10.8 Å². The fourth-order valence-corrected chi connectivity index (χ4v) is 2.91. The summed E-state index contributed by atoms with van der Waals surface area (Å²) in [5.41, 5.74) is 0.873. The van der Waals surface area contributed by atoms with Crippen molar-refractivity contribution < 1.29 is 29.3 Å². The van der Waals surface area contributed by atoms with Gasteiger partial charge in [0.1, 0.15) is 5.69 Å². The summed E-state index contributed by atoms with van der Waals surface area (Å²) in [7, 11) is 1.09. The number of hydrogen-bond donors (Lipinski definition) is 4. The van der Waals surface area contributed by atoms with Crippen LogP contribution >= 0.6 is 0 Å². The molecule has 2 aromatic rings. The second kappa shape index (κ2) is 10.7. The smallest absolute Gasteiger partial charge is 0.361 e. The van der Waals surface area contributed by atoms with Crippen LogP contribution in [-0.2, 0) is 9.53 Å². The number of amides is 2. The second-order valence-electron chi connectivity index (χ2n) is 6.31. The summed E-state index contributed by atoms with van der Waals surface area (Å²) in [4.78, 5) is 49.2. The van der Waals surface area contributed by atoms with E-state index in [0.29, 0.717) is 24.8 Å². The van der Waals surface area contributed by atoms with Crippen molar-refractivity contribution in [2.24, 2.45) is 0 Å². The zero-order valence-corrected chi connectivity index (χ0v) is 16.3. The molecule has 0 aliphatic rings. The number of benzene rings is 1. The molecule has 4 N–H and O–H groups in total. The maximum Gasteiger partial charge on any atom is 0.361 e. The van der Waals surface area contributed by atoms with Gasteiger partial charge in [0.15, 0.2) is 0 Å². The Kier molecular flexibility index (Phi) is 8.06. The van der Waals surface area contributed by atoms with Gasteiger partial charge in [0.05, 0.1) is 17.6 Å². The van der Waals surface area contributed by atoms with E-state index in [9.17, 15) is 24.5 Å². The van der Waals surface area contributed by atoms with E-state index in [1.54, 1.807) is 35.8 Å². The van der Waals surface area contributed by atoms with Gasteiger partial charge in [0, 0.05) is 13.0 Å². The van der Waals surface area contributed by atoms with E-state index in [1.165, 1.54) is 0 Å². The summed E-state index contributed by atoms with van der Waals surface area (Å²) in [5.74, 6) is -2.05. The molecule has 0 aliphatic heterocycles. The van der Waals surface area contributed by atoms with E-state index in [0.717, 1.165) is 7.11 Å². The van der Waals surface area contributed by atoms with Crippen LogP contribution in [0.15, 0.2) is 30.3 Å². The molecular weight excluding hydrogens is 396 g/mol. The number of nitro groups is 1. The maximum absolute atomic E-state index is 12.7. The van der Waals surface area contributed by atoms with Gasteiger partial charge in [0.2, 0.25) is 11.6 Å². The van der Waals surface area contributed by atoms with Crippen molar-refractivity contribution in [2.45, 2.75) is 25.7 Å². The molecule has 2 rings (SSSR count). The topological polar surface area (TPSA) is 164 Å². The number of aromatic amines is 1. The lowest BCUT2D eigenvalue weighted by Crippen LogP contribution is -2.25. The molecule has 0 bridgehead atoms. The molecule has 0 unspecified atom stereocenters. The summed E-state index contributed by atoms with van der Waals surface area (Å²) in [6.45, 7) is 0.258. The fourth-order valence-electron chi connectivity index (χ4n) is 2.91. The number of unbranched alkanes of at least 4 members (excludes halogenated alkanes) is 2. The van der Waals surface area contributed by atoms with E-state index in [-0.39, 0.29) is 24.2 Å². The fraction of sp³-hybridized carbons (Fsp3) is 0.316. The SMILES string of the molecule is COC(=O)c1[nH]c(C(=O)NCCCCCC(=O)NO)c(-c2ccccc2)c1[N+](=O)[O-]. The molecular formula is C19H22N4O7. The van der Waals surface area contributed by atoms with Crippen molar-refractivity contribution in [3.05, 3.63) is 51.8 Å². The number of rotatable bonds is 10. The van der Waals surface area contributed by atoms with Crippen LogP contribution in [0.5, 0.6) is 0 Å². The summed E-state index contributed by atoms with van der Waals surface area (Å²) in [6.07, 6.45) is 1.86. The lowest BCUT2D eigenvalue weighted by Gasteiger charge is -2.06. The van der Waals surface area contributed by atoms with Gasteiger partial charge in [-0.15, -0.1) is 0 Å². The van der Waals surface area contributed by atoms with Gasteiger partial charge in [-0.2, -0.15) is 0 Å². The summed E-state index contributed by atoms with van der Waals surface area (Å²) >= 11 is 0. The van der Waals surface area contributed by atoms with Crippen LogP contribution in [0.3, 0.4) is 0 Å². The molecule has 11 nitrogen and oxygen atoms in total. The number of methoxy groups -OCH3 is 1. The van der Waals surface area contributed by atoms with E-state index >= 15 is 0 Å². The number of nitrogens with zero attached hydrogens (tertiary/aromatic N) is 1. The number of carbonyl (C=O) groups is 3. The zero-order valence-electron chi connectivity index (χ0n) is 16.3. The number of hydroxylamine groups is 1. The summed E-state index contributed by atoms with van der Waals surface area (Å²) in [6, 6.07) is 8.24. The van der Waals surface area contributed by atoms with E-state index < -0.39 is 34.1 Å². The molecule has 1 aromatic carbocycles. The van der Waals surface area contributed by atoms with E-state index in [4.69, 9.17) is 5.21 Å². The van der Waals surface area contributed by atoms with Gasteiger partial charge in [-0.3, -0.25) is 24.9 Å². The number of aromatic nitrogens is 1. The number of esters is 1. The van der Waals surface area contributed by atoms with Crippen LogP contribution in [0.1, 0.15) is 46.7 Å². The highest BCUT2D eigenvalue weighted by molar-refractivity contribution is 6.07. The van der Waals surface area contributed by atoms with Crippen LogP contribution in [0.4, 0.5) is 5.69 Å². The first-order chi connectivity index (χ1) is 14.4. The maximum atomic E-state index is 12.7. The Morgan fingerprint density at radius 3 is 2.43 bits per heavy atom. The second-order valence-corrected chi connectivity index (χ2v) is 6.31. The molecule has 0 saturated carbocycles. The lowest BCUT2D eigenvalue weighted by molar-refractivity contribution is -0.384. The van der Waals surface area contributed by atoms with Crippen molar-refractivity contribution in [1.29, 1.82) is 0 Å². The third-order valence-electron chi connectivity index (χ3n) is 4.33. The summed E-state index contributed by atoms with van der Waals surface area (Å²) in [5, 5.41) is 22.8. The Morgan fingerprint density at radius 2 is 1.83 bits per heavy atom. The number of nitrogens with one attached hydrogen (secondary N) is 3. The highest BCUT2D eigenvalue weighted by Gasteiger charge is 2.34. The first kappa shape index (κ1) is 22.6. The third kappa shape index (κ3) is 5.41. The predicted octanol–water partition coefficient (Wildman–Crippen LogP) is 2.17. The van der Waals surface area contributed by atoms with Gasteiger partial charge in [-0.05, 0) is 18.4 Å². The summed E-state index contributed by atoms with van der Waals surface area (Å²) < 4.78 is 4.61. The monoisotopic (exact) mass is 418 g/mol. The number of carbonyl (C=O) groups excluding carboxylic acids is 3. The van der Waals surface area contributed by atoms with E-state index in [1.807, 2.05) is 0 Å². The quantitative estimate of drug-likeness (QED) is 0.151. The number of hydrogen-bond acceptors (Lipinski definition) is 7. The minimum Gasteiger partial charge on any atom is -0.464 e. The zero-order chi connectivity index (χ0) is 22.1. The first-order valence-corrected chi connectivity index (χ1v) is 9.15. The van der Waals surface area contributed by atoms with Crippen molar-refractivity contribution in [3.63, 3.8) is 0 Å². The average Bonchev–Trinajstić information content (AvgIpc) is 3.17. The van der Waals surface area contributed by atoms with Gasteiger partial charge in [-0.25, -0.2) is 10.3 Å². The largest absolute Gasteiger partial charge is 0.464 e. The number of H-pyrrole nitrogens is 1. The molecule has 0 atom stereocenters. The third-order valence-corrected chi connectivity index (χ3v) is 4.33. The highest BCUT2D eigenvalue weighted by Crippen LogP contribution is 2.36. The normalized spacial score (nSPS) is 10.3. The minimum absolute atomic E-state index is 0.00174. The molecule has 11 heteroatoms. The van der Waals surface area contributed by atoms with Crippen molar-refractivity contribution in [3.8, 4) is 11.1 Å². The number of ether oxygens (including phenoxy) is 1. The molecule has 0 fully saturated rings. The van der Waals surface area contributed by atoms with E-state index in [2.05, 4.69) is 15.0 Å². The molecule has 0 radical (unpaired) electrons. The van der Waals surface area contributed by atoms with Crippen LogP contribution in [-0.4, -0.2) is 46.6 Å². The molecule has 1 heterocycles. The van der Waals surface area contributed by atoms with Crippen molar-refractivity contribution in [2.75, 3.05) is 13.7 Å². The molecule has 30 heavy (non-hydrogen) atoms. The molecule has 1 aromatic heterocycles. The van der Waals surface area contributed by atoms with Gasteiger partial charge in [-0.1, -0.05) is 36.8 Å². The van der Waals surface area contributed by atoms with Gasteiger partial charge >= 0.3 is 11.7 Å². The average molecular weight is 418 g/mol. The molecule has 2 amide bonds. The molecule has 0 spiro atoms. The lowest BCUT2D eigenvalue weighted by atomic mass is 10.0. The molecule has 0 aliphatic carbocycles. The molecule has 0 saturated heterocycles. The van der Waals surface area contributed by atoms with Crippen molar-refractivity contribution >= 4 is 23.5 Å². The first-order valence-electron chi connectivity index (χ1n) is 9.15. The van der Waals surface area contributed by atoms with Crippen LogP contribution in [0.2, 0.25) is 0 Å². The van der Waals surface area contributed by atoms with Crippen LogP contribution in [0.25, 0.3) is 11.1 Å². The standard InChI is InChI=1S/C19H22N4O7/c1-30-19(26)16-17(23(28)29)14(12-8-4-2-5-9-12)15(21-16)18(25)20-11-7-3-6-10-13(24)22-27/h2,4-5,8-9,21,27H,3,6-7,10-11H2,1H3,(H,20,25)(H,22,24). The Balaban J connectivity index is 2.23. The van der Waals surface area contributed by atoms with Gasteiger partial charge < -0.3 is 15.0 Å². The Morgan fingerprint density at radius 1 is 1.13 bits per heavy atom. The predicted molar refractivity (Wildman–Crippen MR) is 105 cm³/mol. The minimum atomic E-state index is -0.958. The Hall–Kier alpha value is -3.73. The molecule has 160 valence electrons. The highest BCUT2D eigenvalue weighted by atomic mass is 16.6. The Bertz CT molecular complexity index is 924.